The fourth-order valence-corrected chi connectivity index (χ4v) is 6.58. The molecule has 27 heavy (non-hydrogen) atoms. The lowest BCUT2D eigenvalue weighted by molar-refractivity contribution is 0.203. The molecule has 2 aromatic rings. The summed E-state index contributed by atoms with van der Waals surface area (Å²) in [6, 6.07) is 7.73. The van der Waals surface area contributed by atoms with Crippen molar-refractivity contribution < 1.29 is 13.5 Å². The number of hydrogen-bond acceptors (Lipinski definition) is 4. The van der Waals surface area contributed by atoms with Gasteiger partial charge >= 0.3 is 0 Å². The van der Waals surface area contributed by atoms with E-state index in [1.165, 1.54) is 4.88 Å². The molecule has 0 aliphatic heterocycles. The van der Waals surface area contributed by atoms with Crippen LogP contribution in [0.4, 0.5) is 0 Å². The topological polar surface area (TPSA) is 66.4 Å². The first-order chi connectivity index (χ1) is 12.6. The van der Waals surface area contributed by atoms with Crippen molar-refractivity contribution in [1.82, 2.24) is 4.72 Å². The third-order valence-corrected chi connectivity index (χ3v) is 8.85. The number of nitrogens with one attached hydrogen (secondary N) is 1. The second-order valence-electron chi connectivity index (χ2n) is 7.89. The summed E-state index contributed by atoms with van der Waals surface area (Å²) in [7, 11) is -3.57. The van der Waals surface area contributed by atoms with Crippen LogP contribution in [0.3, 0.4) is 0 Å². The van der Waals surface area contributed by atoms with E-state index in [1.807, 2.05) is 32.9 Å². The van der Waals surface area contributed by atoms with Gasteiger partial charge in [0.05, 0.1) is 11.0 Å². The van der Waals surface area contributed by atoms with Gasteiger partial charge in [-0.25, -0.2) is 13.1 Å². The van der Waals surface area contributed by atoms with Crippen LogP contribution in [0.15, 0.2) is 29.2 Å². The van der Waals surface area contributed by atoms with Crippen molar-refractivity contribution in [2.75, 3.05) is 6.54 Å². The molecule has 1 aliphatic rings. The van der Waals surface area contributed by atoms with E-state index in [0.717, 1.165) is 47.3 Å². The van der Waals surface area contributed by atoms with Crippen LogP contribution >= 0.6 is 11.3 Å². The zero-order chi connectivity index (χ0) is 19.8. The predicted molar refractivity (Wildman–Crippen MR) is 111 cm³/mol. The number of benzene rings is 1. The highest BCUT2D eigenvalue weighted by Gasteiger charge is 2.38. The Kier molecular flexibility index (Phi) is 5.82. The molecule has 1 aromatic carbocycles. The molecule has 0 bridgehead atoms. The average Bonchev–Trinajstić information content (AvgIpc) is 3.26. The maximum absolute atomic E-state index is 13.0. The van der Waals surface area contributed by atoms with Gasteiger partial charge in [-0.15, -0.1) is 11.3 Å². The zero-order valence-electron chi connectivity index (χ0n) is 16.5. The van der Waals surface area contributed by atoms with Crippen molar-refractivity contribution in [3.05, 3.63) is 50.7 Å². The van der Waals surface area contributed by atoms with E-state index in [9.17, 15) is 13.5 Å². The van der Waals surface area contributed by atoms with Crippen LogP contribution in [-0.4, -0.2) is 20.1 Å². The minimum absolute atomic E-state index is 0.168. The molecule has 0 spiro atoms. The molecule has 0 radical (unpaired) electrons. The number of sulfonamides is 1. The highest BCUT2D eigenvalue weighted by molar-refractivity contribution is 7.89. The van der Waals surface area contributed by atoms with Crippen LogP contribution < -0.4 is 4.72 Å². The molecule has 1 fully saturated rings. The highest BCUT2D eigenvalue weighted by Crippen LogP contribution is 2.44. The van der Waals surface area contributed by atoms with Crippen LogP contribution in [0.25, 0.3) is 0 Å². The number of hydrogen-bond donors (Lipinski definition) is 2. The molecule has 1 aromatic heterocycles. The molecule has 1 aliphatic carbocycles. The summed E-state index contributed by atoms with van der Waals surface area (Å²) >= 11 is 1.61. The number of aryl methyl sites for hydroxylation is 3. The van der Waals surface area contributed by atoms with Crippen LogP contribution in [0.5, 0.6) is 0 Å². The van der Waals surface area contributed by atoms with Gasteiger partial charge in [0.25, 0.3) is 0 Å². The van der Waals surface area contributed by atoms with E-state index in [-0.39, 0.29) is 5.41 Å². The first-order valence-electron chi connectivity index (χ1n) is 9.50. The molecule has 6 heteroatoms. The van der Waals surface area contributed by atoms with Gasteiger partial charge in [-0.2, -0.15) is 0 Å². The van der Waals surface area contributed by atoms with Crippen molar-refractivity contribution in [2.45, 2.75) is 69.8 Å². The Morgan fingerprint density at radius 3 is 2.33 bits per heavy atom. The third kappa shape index (κ3) is 4.14. The maximum Gasteiger partial charge on any atom is 0.240 e. The zero-order valence-corrected chi connectivity index (χ0v) is 18.1. The Hall–Kier alpha value is -1.21. The predicted octanol–water partition coefficient (Wildman–Crippen LogP) is 4.52. The number of thiophene rings is 1. The van der Waals surface area contributed by atoms with Gasteiger partial charge in [-0.3, -0.25) is 0 Å². The Morgan fingerprint density at radius 1 is 1.11 bits per heavy atom. The van der Waals surface area contributed by atoms with Crippen molar-refractivity contribution in [3.63, 3.8) is 0 Å². The molecule has 1 saturated carbocycles. The smallest absolute Gasteiger partial charge is 0.240 e. The van der Waals surface area contributed by atoms with Gasteiger partial charge in [0.15, 0.2) is 0 Å². The molecular weight excluding hydrogens is 378 g/mol. The molecule has 1 heterocycles. The van der Waals surface area contributed by atoms with Gasteiger partial charge in [0, 0.05) is 21.7 Å². The van der Waals surface area contributed by atoms with Crippen molar-refractivity contribution in [1.29, 1.82) is 0 Å². The summed E-state index contributed by atoms with van der Waals surface area (Å²) in [5.74, 6) is 0. The van der Waals surface area contributed by atoms with Crippen molar-refractivity contribution >= 4 is 21.4 Å². The monoisotopic (exact) mass is 407 g/mol. The van der Waals surface area contributed by atoms with E-state index in [4.69, 9.17) is 0 Å². The number of rotatable bonds is 6. The summed E-state index contributed by atoms with van der Waals surface area (Å²) in [5.41, 5.74) is 2.69. The van der Waals surface area contributed by atoms with E-state index in [1.54, 1.807) is 24.3 Å². The first kappa shape index (κ1) is 20.5. The van der Waals surface area contributed by atoms with Gasteiger partial charge in [0.1, 0.15) is 0 Å². The molecule has 0 amide bonds. The van der Waals surface area contributed by atoms with E-state index in [2.05, 4.69) is 10.8 Å². The number of aliphatic hydroxyl groups is 1. The van der Waals surface area contributed by atoms with Crippen molar-refractivity contribution in [3.8, 4) is 0 Å². The van der Waals surface area contributed by atoms with Crippen LogP contribution in [0, 0.1) is 20.8 Å². The fraction of sp³-hybridized carbons (Fsp3) is 0.524. The van der Waals surface area contributed by atoms with Crippen LogP contribution in [0.2, 0.25) is 0 Å². The molecular formula is C21H29NO3S2. The fourth-order valence-electron chi connectivity index (χ4n) is 3.96. The second-order valence-corrected chi connectivity index (χ2v) is 10.7. The molecule has 148 valence electrons. The first-order valence-corrected chi connectivity index (χ1v) is 11.8. The lowest BCUT2D eigenvalue weighted by Gasteiger charge is -2.28. The normalized spacial score (nSPS) is 18.0. The lowest BCUT2D eigenvalue weighted by atomic mass is 9.85. The Bertz CT molecular complexity index is 923. The van der Waals surface area contributed by atoms with Gasteiger partial charge in [-0.1, -0.05) is 18.9 Å². The molecule has 1 unspecified atom stereocenters. The Labute approximate surface area is 166 Å². The number of aliphatic hydroxyl groups excluding tert-OH is 1. The SMILES string of the molecule is Cc1cc(C)c(S(=O)(=O)NCC2(c3ccc(C(C)O)s3)CCCC2)cc1C. The standard InChI is InChI=1S/C21H29NO3S2/c1-14-11-16(3)19(12-15(14)2)27(24,25)22-13-21(9-5-6-10-21)20-8-7-18(26-20)17(4)23/h7-8,11-12,17,22-23H,5-6,9-10,13H2,1-4H3. The summed E-state index contributed by atoms with van der Waals surface area (Å²) < 4.78 is 28.9. The summed E-state index contributed by atoms with van der Waals surface area (Å²) in [4.78, 5) is 2.48. The van der Waals surface area contributed by atoms with Gasteiger partial charge < -0.3 is 5.11 Å². The van der Waals surface area contributed by atoms with Crippen molar-refractivity contribution in [2.24, 2.45) is 0 Å². The summed E-state index contributed by atoms with van der Waals surface area (Å²) in [6.07, 6.45) is 3.66. The second kappa shape index (κ2) is 7.66. The molecule has 2 N–H and O–H groups in total. The lowest BCUT2D eigenvalue weighted by Crippen LogP contribution is -2.38. The van der Waals surface area contributed by atoms with Gasteiger partial charge in [-0.05, 0) is 75.4 Å². The molecule has 3 rings (SSSR count). The minimum Gasteiger partial charge on any atom is -0.388 e. The van der Waals surface area contributed by atoms with E-state index in [0.29, 0.717) is 11.4 Å². The average molecular weight is 408 g/mol. The van der Waals surface area contributed by atoms with E-state index < -0.39 is 16.1 Å². The van der Waals surface area contributed by atoms with E-state index >= 15 is 0 Å². The Morgan fingerprint density at radius 2 is 1.74 bits per heavy atom. The van der Waals surface area contributed by atoms with Crippen LogP contribution in [-0.2, 0) is 15.4 Å². The maximum atomic E-state index is 13.0. The summed E-state index contributed by atoms with van der Waals surface area (Å²) in [5, 5.41) is 9.85. The third-order valence-electron chi connectivity index (χ3n) is 5.80. The molecule has 1 atom stereocenters. The molecule has 0 saturated heterocycles. The van der Waals surface area contributed by atoms with Crippen LogP contribution in [0.1, 0.15) is 65.2 Å². The molecule has 4 nitrogen and oxygen atoms in total. The highest BCUT2D eigenvalue weighted by atomic mass is 32.2. The quantitative estimate of drug-likeness (QED) is 0.740. The Balaban J connectivity index is 1.87. The minimum atomic E-state index is -3.57. The largest absolute Gasteiger partial charge is 0.388 e. The summed E-state index contributed by atoms with van der Waals surface area (Å²) in [6.45, 7) is 7.95. The van der Waals surface area contributed by atoms with Gasteiger partial charge in [0.2, 0.25) is 10.0 Å².